The van der Waals surface area contributed by atoms with Crippen LogP contribution >= 0.6 is 0 Å². The number of methoxy groups -OCH3 is 1. The average Bonchev–Trinajstić information content (AvgIpc) is 2.35. The van der Waals surface area contributed by atoms with E-state index < -0.39 is 0 Å². The summed E-state index contributed by atoms with van der Waals surface area (Å²) in [6.07, 6.45) is 3.60. The summed E-state index contributed by atoms with van der Waals surface area (Å²) < 4.78 is 5.50. The van der Waals surface area contributed by atoms with E-state index in [-0.39, 0.29) is 11.5 Å². The van der Waals surface area contributed by atoms with Crippen molar-refractivity contribution in [2.45, 2.75) is 45.1 Å². The van der Waals surface area contributed by atoms with Crippen molar-refractivity contribution < 1.29 is 9.53 Å². The van der Waals surface area contributed by atoms with Crippen LogP contribution in [0.5, 0.6) is 0 Å². The maximum Gasteiger partial charge on any atom is 0.222 e. The van der Waals surface area contributed by atoms with Gasteiger partial charge in [0.25, 0.3) is 0 Å². The number of hydrogen-bond donors (Lipinski definition) is 1. The Kier molecular flexibility index (Phi) is 5.40. The molecule has 1 fully saturated rings. The van der Waals surface area contributed by atoms with Crippen LogP contribution in [0, 0.1) is 5.92 Å². The van der Waals surface area contributed by atoms with E-state index in [1.165, 1.54) is 0 Å². The van der Waals surface area contributed by atoms with Crippen LogP contribution < -0.4 is 5.73 Å². The lowest BCUT2D eigenvalue weighted by Gasteiger charge is -2.39. The first-order valence-corrected chi connectivity index (χ1v) is 6.57. The normalized spacial score (nSPS) is 26.9. The number of nitrogens with two attached hydrogens (primary N) is 1. The fourth-order valence-corrected chi connectivity index (χ4v) is 2.36. The van der Waals surface area contributed by atoms with E-state index in [0.29, 0.717) is 25.4 Å². The molecule has 4 nitrogen and oxygen atoms in total. The number of hydrogen-bond acceptors (Lipinski definition) is 3. The molecule has 1 rings (SSSR count). The maximum absolute atomic E-state index is 12.1. The van der Waals surface area contributed by atoms with Gasteiger partial charge in [0.1, 0.15) is 0 Å². The second-order valence-corrected chi connectivity index (χ2v) is 5.29. The number of likely N-dealkylation sites (tertiary alicyclic amines) is 1. The second-order valence-electron chi connectivity index (χ2n) is 5.29. The van der Waals surface area contributed by atoms with Gasteiger partial charge in [-0.1, -0.05) is 13.3 Å². The Hall–Kier alpha value is -0.610. The third-order valence-corrected chi connectivity index (χ3v) is 3.88. The van der Waals surface area contributed by atoms with Gasteiger partial charge < -0.3 is 15.4 Å². The third kappa shape index (κ3) is 3.96. The Morgan fingerprint density at radius 3 is 2.82 bits per heavy atom. The van der Waals surface area contributed by atoms with E-state index in [0.717, 1.165) is 25.8 Å². The fourth-order valence-electron chi connectivity index (χ4n) is 2.36. The number of nitrogens with zero attached hydrogens (tertiary/aromatic N) is 1. The number of rotatable bonds is 5. The zero-order valence-corrected chi connectivity index (χ0v) is 11.4. The van der Waals surface area contributed by atoms with Crippen molar-refractivity contribution >= 4 is 5.91 Å². The van der Waals surface area contributed by atoms with Crippen molar-refractivity contribution in [2.75, 3.05) is 26.7 Å². The standard InChI is InChI=1S/C13H26N2O2/c1-4-11(9-14)8-12(16)15-7-5-6-13(2,10-15)17-3/h11H,4-10,14H2,1-3H3. The van der Waals surface area contributed by atoms with Crippen LogP contribution in [0.2, 0.25) is 0 Å². The van der Waals surface area contributed by atoms with Crippen molar-refractivity contribution in [3.05, 3.63) is 0 Å². The molecule has 0 saturated carbocycles. The van der Waals surface area contributed by atoms with E-state index >= 15 is 0 Å². The molecule has 1 heterocycles. The van der Waals surface area contributed by atoms with Crippen LogP contribution in [0.1, 0.15) is 39.5 Å². The SMILES string of the molecule is CCC(CN)CC(=O)N1CCCC(C)(OC)C1. The topological polar surface area (TPSA) is 55.6 Å². The fraction of sp³-hybridized carbons (Fsp3) is 0.923. The Balaban J connectivity index is 2.51. The summed E-state index contributed by atoms with van der Waals surface area (Å²) >= 11 is 0. The zero-order valence-electron chi connectivity index (χ0n) is 11.4. The Morgan fingerprint density at radius 1 is 1.59 bits per heavy atom. The van der Waals surface area contributed by atoms with Crippen molar-refractivity contribution in [3.8, 4) is 0 Å². The summed E-state index contributed by atoms with van der Waals surface area (Å²) in [5.74, 6) is 0.545. The third-order valence-electron chi connectivity index (χ3n) is 3.88. The number of ether oxygens (including phenoxy) is 1. The van der Waals surface area contributed by atoms with Gasteiger partial charge in [0.05, 0.1) is 5.60 Å². The molecular weight excluding hydrogens is 216 g/mol. The Labute approximate surface area is 104 Å². The smallest absolute Gasteiger partial charge is 0.222 e. The van der Waals surface area contributed by atoms with Crippen LogP contribution in [0.15, 0.2) is 0 Å². The lowest BCUT2D eigenvalue weighted by atomic mass is 9.93. The summed E-state index contributed by atoms with van der Waals surface area (Å²) in [6.45, 7) is 6.33. The predicted molar refractivity (Wildman–Crippen MR) is 68.7 cm³/mol. The molecule has 0 aliphatic carbocycles. The highest BCUT2D eigenvalue weighted by atomic mass is 16.5. The molecule has 2 N–H and O–H groups in total. The minimum atomic E-state index is -0.168. The molecule has 17 heavy (non-hydrogen) atoms. The van der Waals surface area contributed by atoms with Crippen LogP contribution in [0.4, 0.5) is 0 Å². The molecule has 0 aromatic heterocycles. The minimum Gasteiger partial charge on any atom is -0.377 e. The Morgan fingerprint density at radius 2 is 2.29 bits per heavy atom. The highest BCUT2D eigenvalue weighted by Gasteiger charge is 2.33. The van der Waals surface area contributed by atoms with Crippen molar-refractivity contribution in [3.63, 3.8) is 0 Å². The molecule has 1 amide bonds. The summed E-state index contributed by atoms with van der Waals surface area (Å²) in [4.78, 5) is 14.1. The lowest BCUT2D eigenvalue weighted by molar-refractivity contribution is -0.140. The molecule has 100 valence electrons. The molecule has 0 bridgehead atoms. The molecule has 0 spiro atoms. The number of carbonyl (C=O) groups is 1. The monoisotopic (exact) mass is 242 g/mol. The highest BCUT2D eigenvalue weighted by molar-refractivity contribution is 5.76. The van der Waals surface area contributed by atoms with Gasteiger partial charge in [-0.25, -0.2) is 0 Å². The van der Waals surface area contributed by atoms with Gasteiger partial charge in [-0.15, -0.1) is 0 Å². The quantitative estimate of drug-likeness (QED) is 0.792. The van der Waals surface area contributed by atoms with E-state index in [1.807, 2.05) is 4.90 Å². The second kappa shape index (κ2) is 6.36. The molecule has 1 aliphatic rings. The van der Waals surface area contributed by atoms with Gasteiger partial charge in [0, 0.05) is 26.6 Å². The van der Waals surface area contributed by atoms with E-state index in [2.05, 4.69) is 13.8 Å². The van der Waals surface area contributed by atoms with Crippen molar-refractivity contribution in [1.29, 1.82) is 0 Å². The largest absolute Gasteiger partial charge is 0.377 e. The predicted octanol–water partition coefficient (Wildman–Crippen LogP) is 1.39. The zero-order chi connectivity index (χ0) is 12.9. The first-order chi connectivity index (χ1) is 8.04. The number of carbonyl (C=O) groups excluding carboxylic acids is 1. The van der Waals surface area contributed by atoms with Crippen molar-refractivity contribution in [1.82, 2.24) is 4.90 Å². The minimum absolute atomic E-state index is 0.168. The van der Waals surface area contributed by atoms with Crippen LogP contribution in [-0.4, -0.2) is 43.2 Å². The van der Waals surface area contributed by atoms with Crippen LogP contribution in [0.25, 0.3) is 0 Å². The van der Waals surface area contributed by atoms with Gasteiger partial charge in [-0.05, 0) is 32.2 Å². The number of amides is 1. The summed E-state index contributed by atoms with van der Waals surface area (Å²) in [5.41, 5.74) is 5.48. The van der Waals surface area contributed by atoms with E-state index in [4.69, 9.17) is 10.5 Å². The van der Waals surface area contributed by atoms with E-state index in [1.54, 1.807) is 7.11 Å². The summed E-state index contributed by atoms with van der Waals surface area (Å²) in [6, 6.07) is 0. The molecule has 1 aliphatic heterocycles. The first kappa shape index (κ1) is 14.5. The van der Waals surface area contributed by atoms with Crippen molar-refractivity contribution in [2.24, 2.45) is 11.7 Å². The van der Waals surface area contributed by atoms with E-state index in [9.17, 15) is 4.79 Å². The molecule has 4 heteroatoms. The molecule has 2 atom stereocenters. The van der Waals surface area contributed by atoms with Gasteiger partial charge in [0.2, 0.25) is 5.91 Å². The maximum atomic E-state index is 12.1. The van der Waals surface area contributed by atoms with Gasteiger partial charge in [-0.3, -0.25) is 4.79 Å². The molecule has 0 aromatic carbocycles. The van der Waals surface area contributed by atoms with Crippen LogP contribution in [0.3, 0.4) is 0 Å². The number of piperidine rings is 1. The van der Waals surface area contributed by atoms with Crippen LogP contribution in [-0.2, 0) is 9.53 Å². The Bertz CT molecular complexity index is 254. The molecule has 1 saturated heterocycles. The highest BCUT2D eigenvalue weighted by Crippen LogP contribution is 2.24. The van der Waals surface area contributed by atoms with Gasteiger partial charge in [0.15, 0.2) is 0 Å². The average molecular weight is 242 g/mol. The lowest BCUT2D eigenvalue weighted by Crippen LogP contribution is -2.50. The summed E-state index contributed by atoms with van der Waals surface area (Å²) in [7, 11) is 1.72. The molecular formula is C13H26N2O2. The summed E-state index contributed by atoms with van der Waals surface area (Å²) in [5, 5.41) is 0. The molecule has 2 unspecified atom stereocenters. The molecule has 0 aromatic rings. The molecule has 0 radical (unpaired) electrons. The van der Waals surface area contributed by atoms with Gasteiger partial charge in [-0.2, -0.15) is 0 Å². The first-order valence-electron chi connectivity index (χ1n) is 6.57. The van der Waals surface area contributed by atoms with Gasteiger partial charge >= 0.3 is 0 Å².